The lowest BCUT2D eigenvalue weighted by molar-refractivity contribution is -0.130. The fourth-order valence-electron chi connectivity index (χ4n) is 2.72. The van der Waals surface area contributed by atoms with E-state index < -0.39 is 5.97 Å². The minimum absolute atomic E-state index is 0.165. The smallest absolute Gasteiger partial charge is 0.338 e. The van der Waals surface area contributed by atoms with Crippen molar-refractivity contribution >= 4 is 17.6 Å². The van der Waals surface area contributed by atoms with Crippen LogP contribution >= 0.6 is 0 Å². The number of carbonyl (C=O) groups excluding carboxylic acids is 2. The number of nitrogens with one attached hydrogen (secondary N) is 1. The second-order valence-corrected chi connectivity index (χ2v) is 6.49. The molecule has 0 radical (unpaired) electrons. The molecule has 0 spiro atoms. The van der Waals surface area contributed by atoms with E-state index in [0.717, 1.165) is 11.1 Å². The normalized spacial score (nSPS) is 10.4. The quantitative estimate of drug-likeness (QED) is 0.418. The Kier molecular flexibility index (Phi) is 5.35. The zero-order chi connectivity index (χ0) is 20.3. The summed E-state index contributed by atoms with van der Waals surface area (Å²) in [4.78, 5) is 28.9. The Morgan fingerprint density at radius 2 is 1.86 bits per heavy atom. The van der Waals surface area contributed by atoms with Crippen LogP contribution in [0.3, 0.4) is 0 Å². The number of benzene rings is 2. The molecule has 7 nitrogen and oxygen atoms in total. The number of esters is 1. The summed E-state index contributed by atoms with van der Waals surface area (Å²) in [5.41, 5.74) is 3.52. The molecule has 1 N–H and O–H groups in total. The molecule has 0 unspecified atom stereocenters. The molecule has 0 saturated heterocycles. The molecule has 3 aromatic rings. The predicted molar refractivity (Wildman–Crippen MR) is 106 cm³/mol. The van der Waals surface area contributed by atoms with Crippen molar-refractivity contribution in [2.75, 3.05) is 5.32 Å². The summed E-state index contributed by atoms with van der Waals surface area (Å²) in [6.45, 7) is 9.01. The number of hydrogen-bond acceptors (Lipinski definition) is 5. The maximum Gasteiger partial charge on any atom is 0.338 e. The van der Waals surface area contributed by atoms with E-state index in [4.69, 9.17) is 4.74 Å². The highest BCUT2D eigenvalue weighted by Gasteiger charge is 2.19. The van der Waals surface area contributed by atoms with E-state index in [1.54, 1.807) is 37.3 Å². The molecule has 0 saturated carbocycles. The lowest BCUT2D eigenvalue weighted by Crippen LogP contribution is -2.17. The molecule has 1 aromatic heterocycles. The van der Waals surface area contributed by atoms with Crippen LogP contribution < -0.4 is 10.1 Å². The molecule has 0 aliphatic heterocycles. The maximum absolute atomic E-state index is 12.8. The van der Waals surface area contributed by atoms with E-state index in [-0.39, 0.29) is 17.2 Å². The summed E-state index contributed by atoms with van der Waals surface area (Å²) >= 11 is 0. The topological polar surface area (TPSA) is 86.1 Å². The first-order valence-corrected chi connectivity index (χ1v) is 8.60. The number of carbonyl (C=O) groups is 2. The van der Waals surface area contributed by atoms with Crippen LogP contribution in [0.2, 0.25) is 0 Å². The van der Waals surface area contributed by atoms with Gasteiger partial charge in [0.1, 0.15) is 18.3 Å². The summed E-state index contributed by atoms with van der Waals surface area (Å²) in [6, 6.07) is 10.7. The average Bonchev–Trinajstić information content (AvgIpc) is 3.16. The average molecular weight is 376 g/mol. The Labute approximate surface area is 162 Å². The van der Waals surface area contributed by atoms with Gasteiger partial charge in [-0.2, -0.15) is 5.10 Å². The number of ether oxygens (including phenoxy) is 1. The van der Waals surface area contributed by atoms with Gasteiger partial charge in [-0.25, -0.2) is 14.5 Å². The van der Waals surface area contributed by atoms with Crippen molar-refractivity contribution in [1.29, 1.82) is 0 Å². The van der Waals surface area contributed by atoms with Crippen LogP contribution in [0.4, 0.5) is 5.69 Å². The van der Waals surface area contributed by atoms with Crippen molar-refractivity contribution in [2.24, 2.45) is 0 Å². The fraction of sp³-hybridized carbons (Fsp3) is 0.143. The highest BCUT2D eigenvalue weighted by Crippen LogP contribution is 2.32. The summed E-state index contributed by atoms with van der Waals surface area (Å²) < 4.78 is 6.96. The largest absolute Gasteiger partial charge is 0.419 e. The molecule has 142 valence electrons. The second-order valence-electron chi connectivity index (χ2n) is 6.49. The van der Waals surface area contributed by atoms with Crippen LogP contribution in [0.25, 0.3) is 5.69 Å². The van der Waals surface area contributed by atoms with Crippen molar-refractivity contribution in [1.82, 2.24) is 14.8 Å². The second kappa shape index (κ2) is 7.87. The summed E-state index contributed by atoms with van der Waals surface area (Å²) in [7, 11) is 0. The van der Waals surface area contributed by atoms with Crippen molar-refractivity contribution in [3.63, 3.8) is 0 Å². The molecule has 3 rings (SSSR count). The molecule has 0 aliphatic rings. The summed E-state index contributed by atoms with van der Waals surface area (Å²) in [6.07, 6.45) is 2.84. The van der Waals surface area contributed by atoms with Gasteiger partial charge in [-0.15, -0.1) is 0 Å². The van der Waals surface area contributed by atoms with Gasteiger partial charge in [0, 0.05) is 11.1 Å². The zero-order valence-corrected chi connectivity index (χ0v) is 15.9. The van der Waals surface area contributed by atoms with Crippen molar-refractivity contribution in [3.05, 3.63) is 77.9 Å². The van der Waals surface area contributed by atoms with Gasteiger partial charge in [0.05, 0.1) is 5.69 Å². The van der Waals surface area contributed by atoms with Crippen molar-refractivity contribution < 1.29 is 14.3 Å². The molecule has 0 bridgehead atoms. The van der Waals surface area contributed by atoms with Crippen LogP contribution in [0.5, 0.6) is 5.75 Å². The van der Waals surface area contributed by atoms with Crippen LogP contribution in [0.1, 0.15) is 28.4 Å². The Hall–Kier alpha value is -3.74. The first-order chi connectivity index (χ1) is 13.3. The summed E-state index contributed by atoms with van der Waals surface area (Å²) in [5, 5.41) is 6.90. The molecular weight excluding hydrogens is 356 g/mol. The van der Waals surface area contributed by atoms with E-state index in [9.17, 15) is 9.59 Å². The predicted octanol–water partition coefficient (Wildman–Crippen LogP) is 3.62. The van der Waals surface area contributed by atoms with Gasteiger partial charge in [0.25, 0.3) is 5.91 Å². The van der Waals surface area contributed by atoms with E-state index in [0.29, 0.717) is 16.9 Å². The first-order valence-electron chi connectivity index (χ1n) is 8.60. The molecule has 1 heterocycles. The number of hydrogen-bond donors (Lipinski definition) is 1. The number of aromatic nitrogens is 3. The van der Waals surface area contributed by atoms with E-state index in [1.165, 1.54) is 17.3 Å². The van der Waals surface area contributed by atoms with Crippen LogP contribution in [-0.2, 0) is 4.79 Å². The molecule has 2 aromatic carbocycles. The molecule has 1 amide bonds. The van der Waals surface area contributed by atoms with Crippen LogP contribution in [0, 0.1) is 13.8 Å². The molecule has 28 heavy (non-hydrogen) atoms. The van der Waals surface area contributed by atoms with Crippen LogP contribution in [-0.4, -0.2) is 26.6 Å². The van der Waals surface area contributed by atoms with Gasteiger partial charge in [-0.1, -0.05) is 29.8 Å². The lowest BCUT2D eigenvalue weighted by Gasteiger charge is -2.15. The minimum Gasteiger partial charge on any atom is -0.419 e. The van der Waals surface area contributed by atoms with Gasteiger partial charge < -0.3 is 10.1 Å². The summed E-state index contributed by atoms with van der Waals surface area (Å²) in [5.74, 6) is -0.747. The van der Waals surface area contributed by atoms with Crippen molar-refractivity contribution in [3.8, 4) is 11.4 Å². The Balaban J connectivity index is 2.02. The number of amides is 1. The monoisotopic (exact) mass is 376 g/mol. The van der Waals surface area contributed by atoms with Gasteiger partial charge >= 0.3 is 5.97 Å². The lowest BCUT2D eigenvalue weighted by atomic mass is 10.1. The SMILES string of the molecule is C=C(C)C(=O)Oc1c(NC(=O)c2cc(C)cc(C)c2)cccc1-n1cncn1. The van der Waals surface area contributed by atoms with E-state index >= 15 is 0 Å². The fourth-order valence-corrected chi connectivity index (χ4v) is 2.72. The Bertz CT molecular complexity index is 1040. The maximum atomic E-state index is 12.8. The Morgan fingerprint density at radius 3 is 2.46 bits per heavy atom. The third-order valence-corrected chi connectivity index (χ3v) is 3.94. The Morgan fingerprint density at radius 1 is 1.14 bits per heavy atom. The number of rotatable bonds is 5. The number of anilines is 1. The van der Waals surface area contributed by atoms with E-state index in [1.807, 2.05) is 19.9 Å². The van der Waals surface area contributed by atoms with Gasteiger partial charge in [0.15, 0.2) is 5.75 Å². The van der Waals surface area contributed by atoms with E-state index in [2.05, 4.69) is 22.0 Å². The molecular formula is C21H20N4O3. The third kappa shape index (κ3) is 4.15. The van der Waals surface area contributed by atoms with Gasteiger partial charge in [-0.05, 0) is 45.0 Å². The zero-order valence-electron chi connectivity index (χ0n) is 15.9. The molecule has 0 atom stereocenters. The standard InChI is InChI=1S/C21H20N4O3/c1-13(2)21(27)28-19-17(6-5-7-18(19)25-12-22-11-23-25)24-20(26)16-9-14(3)8-15(4)10-16/h5-12H,1H2,2-4H3,(H,24,26). The number of aryl methyl sites for hydroxylation is 2. The van der Waals surface area contributed by atoms with Gasteiger partial charge in [-0.3, -0.25) is 4.79 Å². The third-order valence-electron chi connectivity index (χ3n) is 3.94. The number of nitrogens with zero attached hydrogens (tertiary/aromatic N) is 3. The molecule has 7 heteroatoms. The van der Waals surface area contributed by atoms with Crippen molar-refractivity contribution in [2.45, 2.75) is 20.8 Å². The number of para-hydroxylation sites is 1. The highest BCUT2D eigenvalue weighted by atomic mass is 16.5. The first kappa shape index (κ1) is 19.0. The van der Waals surface area contributed by atoms with Crippen LogP contribution in [0.15, 0.2) is 61.2 Å². The minimum atomic E-state index is -0.602. The molecule has 0 aliphatic carbocycles. The highest BCUT2D eigenvalue weighted by molar-refractivity contribution is 6.06. The molecule has 0 fully saturated rings. The van der Waals surface area contributed by atoms with Gasteiger partial charge in [0.2, 0.25) is 0 Å².